The first kappa shape index (κ1) is 10.0. The van der Waals surface area contributed by atoms with E-state index in [2.05, 4.69) is 35.9 Å². The maximum atomic E-state index is 9.20. The Balaban J connectivity index is 2.29. The van der Waals surface area contributed by atoms with Crippen LogP contribution in [0.25, 0.3) is 5.47 Å². The van der Waals surface area contributed by atoms with E-state index in [4.69, 9.17) is 0 Å². The Morgan fingerprint density at radius 1 is 1.40 bits per heavy atom. The molecule has 0 aromatic heterocycles. The van der Waals surface area contributed by atoms with Gasteiger partial charge in [0.25, 0.3) is 0 Å². The fraction of sp³-hybridized carbons (Fsp3) is 0.250. The Kier molecular flexibility index (Phi) is 2.89. The van der Waals surface area contributed by atoms with Gasteiger partial charge in [0.15, 0.2) is 6.85 Å². The highest BCUT2D eigenvalue weighted by Crippen LogP contribution is 2.24. The Bertz CT molecular complexity index is 405. The zero-order valence-corrected chi connectivity index (χ0v) is 8.98. The lowest BCUT2D eigenvalue weighted by atomic mass is 9.55. The Hall–Kier alpha value is -1.53. The van der Waals surface area contributed by atoms with E-state index < -0.39 is 6.85 Å². The molecular formula is C12H14BN2-. The van der Waals surface area contributed by atoms with Gasteiger partial charge in [-0.2, -0.15) is 5.47 Å². The molecule has 0 N–H and O–H groups in total. The van der Waals surface area contributed by atoms with Crippen molar-refractivity contribution in [2.75, 3.05) is 13.1 Å². The highest BCUT2D eigenvalue weighted by atomic mass is 15.1. The molecule has 1 heterocycles. The quantitative estimate of drug-likeness (QED) is 0.675. The van der Waals surface area contributed by atoms with E-state index >= 15 is 0 Å². The third kappa shape index (κ3) is 1.81. The molecule has 1 unspecified atom stereocenters. The normalized spacial score (nSPS) is 21.1. The third-order valence-electron chi connectivity index (χ3n) is 3.15. The largest absolute Gasteiger partial charge is 0.458 e. The Morgan fingerprint density at radius 2 is 2.13 bits per heavy atom. The van der Waals surface area contributed by atoms with Crippen LogP contribution in [0, 0.1) is 11.2 Å². The second-order valence-corrected chi connectivity index (χ2v) is 3.92. The maximum Gasteiger partial charge on any atom is 0.180 e. The van der Waals surface area contributed by atoms with Gasteiger partial charge in [0.2, 0.25) is 0 Å². The number of likely N-dealkylation sites (N-methyl/N-ethyl adjacent to an activating group) is 1. The summed E-state index contributed by atoms with van der Waals surface area (Å²) in [5, 5.41) is 9.20. The van der Waals surface area contributed by atoms with E-state index in [0.717, 1.165) is 13.1 Å². The topological polar surface area (TPSA) is 27.0 Å². The van der Waals surface area contributed by atoms with Crippen LogP contribution in [-0.4, -0.2) is 24.7 Å². The van der Waals surface area contributed by atoms with E-state index in [1.807, 2.05) is 18.2 Å². The molecule has 1 aliphatic heterocycles. The van der Waals surface area contributed by atoms with Gasteiger partial charge in [0, 0.05) is 0 Å². The summed E-state index contributed by atoms with van der Waals surface area (Å²) in [5.74, 6) is 2.45. The zero-order valence-electron chi connectivity index (χ0n) is 8.98. The molecule has 1 aliphatic rings. The molecule has 0 saturated carbocycles. The molecule has 2 nitrogen and oxygen atoms in total. The highest BCUT2D eigenvalue weighted by molar-refractivity contribution is 6.83. The summed E-state index contributed by atoms with van der Waals surface area (Å²) < 4.78 is 0. The molecule has 1 aromatic rings. The van der Waals surface area contributed by atoms with Crippen LogP contribution < -0.4 is 0 Å². The van der Waals surface area contributed by atoms with Crippen molar-refractivity contribution in [3.63, 3.8) is 0 Å². The molecule has 76 valence electrons. The Morgan fingerprint density at radius 3 is 2.73 bits per heavy atom. The molecule has 1 atom stereocenters. The summed E-state index contributed by atoms with van der Waals surface area (Å²) in [6.07, 6.45) is 2.20. The molecule has 0 bridgehead atoms. The van der Waals surface area contributed by atoms with Crippen molar-refractivity contribution < 1.29 is 0 Å². The van der Waals surface area contributed by atoms with Crippen LogP contribution in [0.3, 0.4) is 0 Å². The fourth-order valence-corrected chi connectivity index (χ4v) is 2.25. The van der Waals surface area contributed by atoms with Crippen LogP contribution in [0.1, 0.15) is 12.5 Å². The van der Waals surface area contributed by atoms with Crippen molar-refractivity contribution in [3.8, 4) is 5.97 Å². The molecule has 0 amide bonds. The van der Waals surface area contributed by atoms with E-state index in [1.54, 1.807) is 0 Å². The first-order valence-corrected chi connectivity index (χ1v) is 5.44. The predicted molar refractivity (Wildman–Crippen MR) is 64.4 cm³/mol. The Labute approximate surface area is 90.9 Å². The number of rotatable bonds is 2. The van der Waals surface area contributed by atoms with Crippen LogP contribution in [-0.2, 0) is 0 Å². The van der Waals surface area contributed by atoms with Crippen LogP contribution in [0.15, 0.2) is 36.4 Å². The monoisotopic (exact) mass is 197 g/mol. The molecule has 0 radical (unpaired) electrons. The molecule has 0 spiro atoms. The number of hydrogen-bond donors (Lipinski definition) is 0. The zero-order chi connectivity index (χ0) is 10.7. The average Bonchev–Trinajstić information content (AvgIpc) is 2.72. The summed E-state index contributed by atoms with van der Waals surface area (Å²) in [6.45, 7) is 3.06. The predicted octanol–water partition coefficient (Wildman–Crippen LogP) is 1.73. The van der Waals surface area contributed by atoms with Crippen LogP contribution in [0.5, 0.6) is 0 Å². The van der Waals surface area contributed by atoms with E-state index in [0.29, 0.717) is 0 Å². The number of nitriles is 1. The summed E-state index contributed by atoms with van der Waals surface area (Å²) >= 11 is 0. The van der Waals surface area contributed by atoms with Gasteiger partial charge in [-0.3, -0.25) is 0 Å². The molecular weight excluding hydrogens is 183 g/mol. The van der Waals surface area contributed by atoms with Crippen molar-refractivity contribution in [2.24, 2.45) is 0 Å². The molecule has 1 aromatic carbocycles. The number of hydrogen-bond acceptors (Lipinski definition) is 2. The minimum atomic E-state index is -0.939. The second kappa shape index (κ2) is 4.33. The van der Waals surface area contributed by atoms with Gasteiger partial charge < -0.3 is 4.81 Å². The lowest BCUT2D eigenvalue weighted by molar-refractivity contribution is 0.525. The van der Waals surface area contributed by atoms with Gasteiger partial charge in [-0.1, -0.05) is 42.8 Å². The fourth-order valence-electron chi connectivity index (χ4n) is 2.25. The van der Waals surface area contributed by atoms with Gasteiger partial charge in [-0.25, -0.2) is 5.26 Å². The molecule has 15 heavy (non-hydrogen) atoms. The molecule has 0 aliphatic carbocycles. The molecule has 0 saturated heterocycles. The SMILES string of the molecule is CCN1CC=C(c2ccccc2)[BH-]1C#N. The van der Waals surface area contributed by atoms with Crippen molar-refractivity contribution in [1.82, 2.24) is 4.81 Å². The van der Waals surface area contributed by atoms with Crippen molar-refractivity contribution >= 4 is 12.3 Å². The van der Waals surface area contributed by atoms with Crippen LogP contribution in [0.2, 0.25) is 0 Å². The summed E-state index contributed by atoms with van der Waals surface area (Å²) in [5.41, 5.74) is 2.44. The number of benzene rings is 1. The summed E-state index contributed by atoms with van der Waals surface area (Å²) in [4.78, 5) is 2.25. The minimum absolute atomic E-state index is 0.925. The third-order valence-corrected chi connectivity index (χ3v) is 3.15. The average molecular weight is 197 g/mol. The van der Waals surface area contributed by atoms with E-state index in [-0.39, 0.29) is 0 Å². The number of nitrogens with zero attached hydrogens (tertiary/aromatic N) is 2. The van der Waals surface area contributed by atoms with Gasteiger partial charge in [-0.05, 0) is 13.1 Å². The second-order valence-electron chi connectivity index (χ2n) is 3.92. The van der Waals surface area contributed by atoms with Gasteiger partial charge >= 0.3 is 0 Å². The first-order valence-electron chi connectivity index (χ1n) is 5.44. The molecule has 0 fully saturated rings. The van der Waals surface area contributed by atoms with Gasteiger partial charge in [0.05, 0.1) is 0 Å². The minimum Gasteiger partial charge on any atom is -0.458 e. The maximum absolute atomic E-state index is 9.20. The van der Waals surface area contributed by atoms with E-state index in [1.165, 1.54) is 11.0 Å². The van der Waals surface area contributed by atoms with E-state index in [9.17, 15) is 5.26 Å². The lowest BCUT2D eigenvalue weighted by Crippen LogP contribution is -2.34. The van der Waals surface area contributed by atoms with Gasteiger partial charge in [-0.15, -0.1) is 12.0 Å². The molecule has 2 rings (SSSR count). The van der Waals surface area contributed by atoms with Crippen molar-refractivity contribution in [3.05, 3.63) is 42.0 Å². The smallest absolute Gasteiger partial charge is 0.180 e. The van der Waals surface area contributed by atoms with Gasteiger partial charge in [0.1, 0.15) is 0 Å². The highest BCUT2D eigenvalue weighted by Gasteiger charge is 2.19. The summed E-state index contributed by atoms with van der Waals surface area (Å²) in [7, 11) is 0. The van der Waals surface area contributed by atoms with Crippen molar-refractivity contribution in [2.45, 2.75) is 6.92 Å². The lowest BCUT2D eigenvalue weighted by Gasteiger charge is -2.27. The molecule has 3 heteroatoms. The van der Waals surface area contributed by atoms with Crippen molar-refractivity contribution in [1.29, 1.82) is 5.26 Å². The first-order chi connectivity index (χ1) is 7.36. The summed E-state index contributed by atoms with van der Waals surface area (Å²) in [6, 6.07) is 10.2. The van der Waals surface area contributed by atoms with Crippen LogP contribution in [0.4, 0.5) is 0 Å². The standard InChI is InChI=1S/C12H14BN2/c1-2-15-9-8-12(13(15)10-14)11-6-4-3-5-7-11/h3-8,13H,2,9H2,1H3/q-1. The van der Waals surface area contributed by atoms with Crippen LogP contribution >= 0.6 is 0 Å².